The second-order valence-electron chi connectivity index (χ2n) is 5.60. The molecule has 1 aromatic carbocycles. The molecule has 2 unspecified atom stereocenters. The fourth-order valence-corrected chi connectivity index (χ4v) is 3.86. The summed E-state index contributed by atoms with van der Waals surface area (Å²) in [4.78, 5) is 2.52. The van der Waals surface area contributed by atoms with Gasteiger partial charge in [-0.05, 0) is 50.9 Å². The zero-order valence-electron chi connectivity index (χ0n) is 11.6. The predicted molar refractivity (Wildman–Crippen MR) is 85.6 cm³/mol. The lowest BCUT2D eigenvalue weighted by Crippen LogP contribution is -2.43. The van der Waals surface area contributed by atoms with Crippen molar-refractivity contribution >= 4 is 27.5 Å². The average molecular weight is 346 g/mol. The quantitative estimate of drug-likeness (QED) is 0.862. The van der Waals surface area contributed by atoms with Gasteiger partial charge < -0.3 is 5.73 Å². The lowest BCUT2D eigenvalue weighted by Gasteiger charge is -2.37. The monoisotopic (exact) mass is 344 g/mol. The Morgan fingerprint density at radius 2 is 2.11 bits per heavy atom. The van der Waals surface area contributed by atoms with Gasteiger partial charge in [-0.1, -0.05) is 40.0 Å². The number of nitrogens with two attached hydrogens (primary N) is 1. The van der Waals surface area contributed by atoms with Gasteiger partial charge in [0.1, 0.15) is 0 Å². The molecule has 0 bridgehead atoms. The second-order valence-corrected chi connectivity index (χ2v) is 6.89. The van der Waals surface area contributed by atoms with Crippen molar-refractivity contribution in [3.63, 3.8) is 0 Å². The van der Waals surface area contributed by atoms with E-state index in [1.807, 2.05) is 12.1 Å². The van der Waals surface area contributed by atoms with Gasteiger partial charge in [-0.15, -0.1) is 0 Å². The van der Waals surface area contributed by atoms with Gasteiger partial charge in [0, 0.05) is 21.6 Å². The first-order chi connectivity index (χ1) is 9.00. The highest BCUT2D eigenvalue weighted by Gasteiger charge is 2.31. The Kier molecular flexibility index (Phi) is 5.29. The van der Waals surface area contributed by atoms with Gasteiger partial charge in [-0.3, -0.25) is 4.90 Å². The summed E-state index contributed by atoms with van der Waals surface area (Å²) in [6.07, 6.45) is 3.53. The third kappa shape index (κ3) is 3.52. The lowest BCUT2D eigenvalue weighted by molar-refractivity contribution is 0.143. The van der Waals surface area contributed by atoms with E-state index in [1.165, 1.54) is 18.4 Å². The highest BCUT2D eigenvalue weighted by atomic mass is 79.9. The zero-order chi connectivity index (χ0) is 14.0. The Balaban J connectivity index is 2.40. The summed E-state index contributed by atoms with van der Waals surface area (Å²) in [5, 5.41) is 0.758. The molecule has 2 N–H and O–H groups in total. The molecule has 1 fully saturated rings. The molecule has 2 atom stereocenters. The van der Waals surface area contributed by atoms with Gasteiger partial charge >= 0.3 is 0 Å². The number of benzene rings is 1. The van der Waals surface area contributed by atoms with Crippen molar-refractivity contribution in [3.8, 4) is 0 Å². The molecule has 1 aliphatic heterocycles. The smallest absolute Gasteiger partial charge is 0.0513 e. The number of hydrogen-bond acceptors (Lipinski definition) is 2. The molecular weight excluding hydrogens is 324 g/mol. The average Bonchev–Trinajstić information content (AvgIpc) is 2.52. The maximum Gasteiger partial charge on any atom is 0.0513 e. The van der Waals surface area contributed by atoms with Gasteiger partial charge in [0.05, 0.1) is 6.04 Å². The minimum absolute atomic E-state index is 0.183. The molecule has 106 valence electrons. The van der Waals surface area contributed by atoms with Crippen LogP contribution < -0.4 is 5.73 Å². The van der Waals surface area contributed by atoms with Gasteiger partial charge in [0.15, 0.2) is 0 Å². The molecule has 0 amide bonds. The van der Waals surface area contributed by atoms with Crippen LogP contribution in [0.3, 0.4) is 0 Å². The highest BCUT2D eigenvalue weighted by molar-refractivity contribution is 9.10. The first kappa shape index (κ1) is 15.3. The second kappa shape index (κ2) is 6.57. The predicted octanol–water partition coefficient (Wildman–Crippen LogP) is 4.37. The summed E-state index contributed by atoms with van der Waals surface area (Å²) >= 11 is 9.69. The van der Waals surface area contributed by atoms with Crippen LogP contribution in [0, 0.1) is 0 Å². The molecule has 1 aliphatic rings. The minimum atomic E-state index is 0.183. The summed E-state index contributed by atoms with van der Waals surface area (Å²) in [5.74, 6) is 0. The van der Waals surface area contributed by atoms with E-state index in [-0.39, 0.29) is 12.1 Å². The molecule has 1 saturated heterocycles. The molecule has 0 spiro atoms. The van der Waals surface area contributed by atoms with E-state index in [9.17, 15) is 0 Å². The van der Waals surface area contributed by atoms with Crippen LogP contribution in [-0.2, 0) is 0 Å². The SMILES string of the molecule is CC(C)N1CCCCC(N)C1c1ccc(Cl)cc1Br. The Labute approximate surface area is 129 Å². The van der Waals surface area contributed by atoms with E-state index in [2.05, 4.69) is 40.7 Å². The van der Waals surface area contributed by atoms with Crippen LogP contribution in [-0.4, -0.2) is 23.5 Å². The molecule has 4 heteroatoms. The van der Waals surface area contributed by atoms with E-state index in [1.54, 1.807) is 0 Å². The number of likely N-dealkylation sites (tertiary alicyclic amines) is 1. The third-order valence-corrected chi connectivity index (χ3v) is 4.83. The summed E-state index contributed by atoms with van der Waals surface area (Å²) in [7, 11) is 0. The summed E-state index contributed by atoms with van der Waals surface area (Å²) in [6.45, 7) is 5.61. The van der Waals surface area contributed by atoms with Crippen LogP contribution in [0.25, 0.3) is 0 Å². The molecule has 19 heavy (non-hydrogen) atoms. The maximum atomic E-state index is 6.45. The van der Waals surface area contributed by atoms with Gasteiger partial charge in [-0.2, -0.15) is 0 Å². The van der Waals surface area contributed by atoms with Crippen molar-refractivity contribution in [2.45, 2.75) is 51.2 Å². The molecule has 1 aromatic rings. The standard InChI is InChI=1S/C15H22BrClN2/c1-10(2)19-8-4-3-5-14(18)15(19)12-7-6-11(17)9-13(12)16/h6-7,9-10,14-15H,3-5,8,18H2,1-2H3. The Bertz CT molecular complexity index is 436. The zero-order valence-corrected chi connectivity index (χ0v) is 13.9. The first-order valence-corrected chi connectivity index (χ1v) is 8.14. The minimum Gasteiger partial charge on any atom is -0.326 e. The molecule has 0 radical (unpaired) electrons. The third-order valence-electron chi connectivity index (χ3n) is 3.91. The Morgan fingerprint density at radius 3 is 2.74 bits per heavy atom. The summed E-state index contributed by atoms with van der Waals surface area (Å²) in [6, 6.07) is 6.98. The largest absolute Gasteiger partial charge is 0.326 e. The van der Waals surface area contributed by atoms with Crippen LogP contribution in [0.15, 0.2) is 22.7 Å². The van der Waals surface area contributed by atoms with Crippen LogP contribution in [0.1, 0.15) is 44.7 Å². The van der Waals surface area contributed by atoms with Crippen molar-refractivity contribution in [1.82, 2.24) is 4.90 Å². The van der Waals surface area contributed by atoms with Crippen molar-refractivity contribution in [3.05, 3.63) is 33.3 Å². The van der Waals surface area contributed by atoms with Gasteiger partial charge in [0.25, 0.3) is 0 Å². The number of nitrogens with zero attached hydrogens (tertiary/aromatic N) is 1. The molecular formula is C15H22BrClN2. The topological polar surface area (TPSA) is 29.3 Å². The Hall–Kier alpha value is -0.0900. The van der Waals surface area contributed by atoms with E-state index < -0.39 is 0 Å². The highest BCUT2D eigenvalue weighted by Crippen LogP contribution is 2.36. The van der Waals surface area contributed by atoms with Gasteiger partial charge in [0.2, 0.25) is 0 Å². The molecule has 1 heterocycles. The fourth-order valence-electron chi connectivity index (χ4n) is 2.95. The van der Waals surface area contributed by atoms with E-state index in [0.29, 0.717) is 6.04 Å². The number of hydrogen-bond donors (Lipinski definition) is 1. The fraction of sp³-hybridized carbons (Fsp3) is 0.600. The van der Waals surface area contributed by atoms with Crippen LogP contribution in [0.5, 0.6) is 0 Å². The van der Waals surface area contributed by atoms with Crippen LogP contribution >= 0.6 is 27.5 Å². The number of rotatable bonds is 2. The summed E-state index contributed by atoms with van der Waals surface area (Å²) < 4.78 is 1.06. The molecule has 2 nitrogen and oxygen atoms in total. The Morgan fingerprint density at radius 1 is 1.37 bits per heavy atom. The molecule has 2 rings (SSSR count). The van der Waals surface area contributed by atoms with E-state index >= 15 is 0 Å². The van der Waals surface area contributed by atoms with Crippen LogP contribution in [0.4, 0.5) is 0 Å². The van der Waals surface area contributed by atoms with Crippen molar-refractivity contribution < 1.29 is 0 Å². The molecule has 0 aliphatic carbocycles. The molecule has 0 aromatic heterocycles. The lowest BCUT2D eigenvalue weighted by atomic mass is 9.95. The van der Waals surface area contributed by atoms with Crippen molar-refractivity contribution in [1.29, 1.82) is 0 Å². The molecule has 0 saturated carbocycles. The van der Waals surface area contributed by atoms with Gasteiger partial charge in [-0.25, -0.2) is 0 Å². The number of halogens is 2. The first-order valence-electron chi connectivity index (χ1n) is 6.97. The maximum absolute atomic E-state index is 6.45. The normalized spacial score (nSPS) is 25.6. The van der Waals surface area contributed by atoms with Crippen LogP contribution in [0.2, 0.25) is 5.02 Å². The van der Waals surface area contributed by atoms with Crippen molar-refractivity contribution in [2.24, 2.45) is 5.73 Å². The van der Waals surface area contributed by atoms with E-state index in [4.69, 9.17) is 17.3 Å². The summed E-state index contributed by atoms with van der Waals surface area (Å²) in [5.41, 5.74) is 7.71. The van der Waals surface area contributed by atoms with Crippen molar-refractivity contribution in [2.75, 3.05) is 6.54 Å². The van der Waals surface area contributed by atoms with E-state index in [0.717, 1.165) is 22.5 Å².